The highest BCUT2D eigenvalue weighted by Gasteiger charge is 2.49. The number of fused-ring (bicyclic) bond motifs is 1. The Kier molecular flexibility index (Phi) is 11.0. The Morgan fingerprint density at radius 3 is 2.29 bits per heavy atom. The van der Waals surface area contributed by atoms with Crippen LogP contribution in [0.4, 0.5) is 4.79 Å². The van der Waals surface area contributed by atoms with E-state index in [2.05, 4.69) is 17.2 Å². The molecular formula is C28H43N3O7. The van der Waals surface area contributed by atoms with Crippen molar-refractivity contribution in [3.05, 3.63) is 0 Å². The van der Waals surface area contributed by atoms with Crippen LogP contribution in [0.1, 0.15) is 52.9 Å². The largest absolute Gasteiger partial charge is 0.462 e. The van der Waals surface area contributed by atoms with Gasteiger partial charge in [0.15, 0.2) is 5.78 Å². The van der Waals surface area contributed by atoms with Crippen LogP contribution in [0.3, 0.4) is 0 Å². The molecule has 0 aromatic heterocycles. The van der Waals surface area contributed by atoms with E-state index in [4.69, 9.17) is 14.2 Å². The third-order valence-electron chi connectivity index (χ3n) is 7.69. The predicted molar refractivity (Wildman–Crippen MR) is 140 cm³/mol. The summed E-state index contributed by atoms with van der Waals surface area (Å²) in [5.74, 6) is 7.47. The zero-order valence-corrected chi connectivity index (χ0v) is 23.3. The van der Waals surface area contributed by atoms with Gasteiger partial charge in [-0.15, -0.1) is 11.8 Å². The first kappa shape index (κ1) is 29.9. The molecule has 3 rings (SSSR count). The first-order valence-corrected chi connectivity index (χ1v) is 13.7. The Labute approximate surface area is 226 Å². The van der Waals surface area contributed by atoms with Crippen molar-refractivity contribution in [1.29, 1.82) is 0 Å². The molecule has 10 nitrogen and oxygen atoms in total. The number of hydrogen-bond acceptors (Lipinski definition) is 8. The molecule has 0 aromatic carbocycles. The maximum absolute atomic E-state index is 12.9. The number of rotatable bonds is 11. The number of ketones is 1. The van der Waals surface area contributed by atoms with Crippen LogP contribution in [0.25, 0.3) is 0 Å². The number of nitrogens with one attached hydrogen (secondary N) is 1. The third-order valence-corrected chi connectivity index (χ3v) is 7.69. The number of amides is 2. The van der Waals surface area contributed by atoms with Gasteiger partial charge in [0.25, 0.3) is 0 Å². The van der Waals surface area contributed by atoms with Crippen molar-refractivity contribution in [3.8, 4) is 11.8 Å². The molecule has 1 N–H and O–H groups in total. The second-order valence-corrected chi connectivity index (χ2v) is 11.5. The van der Waals surface area contributed by atoms with E-state index < -0.39 is 17.5 Å². The number of methoxy groups -OCH3 is 1. The molecule has 0 radical (unpaired) electrons. The van der Waals surface area contributed by atoms with Gasteiger partial charge in [0.2, 0.25) is 5.91 Å². The summed E-state index contributed by atoms with van der Waals surface area (Å²) in [6, 6.07) is -0.307. The number of ether oxygens (including phenoxy) is 3. The number of hydrogen-bond donors (Lipinski definition) is 1. The number of nitrogens with zero attached hydrogens (tertiary/aromatic N) is 2. The van der Waals surface area contributed by atoms with Crippen molar-refractivity contribution in [2.75, 3.05) is 59.7 Å². The van der Waals surface area contributed by atoms with Crippen LogP contribution < -0.4 is 5.32 Å². The monoisotopic (exact) mass is 533 g/mol. The lowest BCUT2D eigenvalue weighted by atomic mass is 9.90. The van der Waals surface area contributed by atoms with Crippen LogP contribution >= 0.6 is 0 Å². The normalized spacial score (nSPS) is 25.1. The maximum atomic E-state index is 12.9. The summed E-state index contributed by atoms with van der Waals surface area (Å²) in [7, 11) is 1.41. The summed E-state index contributed by atoms with van der Waals surface area (Å²) < 4.78 is 15.6. The fourth-order valence-corrected chi connectivity index (χ4v) is 5.19. The van der Waals surface area contributed by atoms with Crippen LogP contribution in [0.5, 0.6) is 0 Å². The highest BCUT2D eigenvalue weighted by Crippen LogP contribution is 2.52. The van der Waals surface area contributed by atoms with Crippen LogP contribution in [0.2, 0.25) is 0 Å². The zero-order valence-electron chi connectivity index (χ0n) is 23.3. The van der Waals surface area contributed by atoms with Crippen LogP contribution in [0.15, 0.2) is 0 Å². The van der Waals surface area contributed by atoms with E-state index in [0.717, 1.165) is 25.7 Å². The number of esters is 1. The number of alkyl carbamates (subject to hydrolysis) is 1. The van der Waals surface area contributed by atoms with Crippen molar-refractivity contribution in [3.63, 3.8) is 0 Å². The molecule has 2 aliphatic carbocycles. The van der Waals surface area contributed by atoms with E-state index in [1.807, 2.05) is 25.7 Å². The number of carbonyl (C=O) groups is 4. The van der Waals surface area contributed by atoms with Crippen molar-refractivity contribution in [1.82, 2.24) is 15.1 Å². The molecule has 1 saturated heterocycles. The van der Waals surface area contributed by atoms with Crippen molar-refractivity contribution >= 4 is 23.8 Å². The highest BCUT2D eigenvalue weighted by atomic mass is 16.6. The molecule has 212 valence electrons. The summed E-state index contributed by atoms with van der Waals surface area (Å²) in [5, 5.41) is 2.69. The van der Waals surface area contributed by atoms with Gasteiger partial charge in [0.1, 0.15) is 13.2 Å². The van der Waals surface area contributed by atoms with Gasteiger partial charge in [-0.2, -0.15) is 0 Å². The minimum absolute atomic E-state index is 0.0588. The molecule has 1 heterocycles. The van der Waals surface area contributed by atoms with Gasteiger partial charge in [0, 0.05) is 58.0 Å². The lowest BCUT2D eigenvalue weighted by Crippen LogP contribution is -2.58. The predicted octanol–water partition coefficient (Wildman–Crippen LogP) is 1.86. The van der Waals surface area contributed by atoms with Crippen molar-refractivity contribution < 1.29 is 33.4 Å². The molecule has 0 aromatic rings. The summed E-state index contributed by atoms with van der Waals surface area (Å²) in [6.07, 6.45) is 3.63. The quantitative estimate of drug-likeness (QED) is 0.316. The van der Waals surface area contributed by atoms with Crippen molar-refractivity contribution in [2.45, 2.75) is 58.9 Å². The topological polar surface area (TPSA) is 114 Å². The molecule has 1 aliphatic heterocycles. The smallest absolute Gasteiger partial charge is 0.407 e. The molecule has 3 aliphatic rings. The van der Waals surface area contributed by atoms with E-state index in [1.165, 1.54) is 7.11 Å². The van der Waals surface area contributed by atoms with Crippen LogP contribution in [0, 0.1) is 35.0 Å². The van der Waals surface area contributed by atoms with Crippen LogP contribution in [-0.4, -0.2) is 99.2 Å². The first-order valence-electron chi connectivity index (χ1n) is 13.7. The molecule has 10 heteroatoms. The van der Waals surface area contributed by atoms with E-state index >= 15 is 0 Å². The molecule has 0 bridgehead atoms. The Hall–Kier alpha value is -2.64. The lowest BCUT2D eigenvalue weighted by Gasteiger charge is -2.41. The summed E-state index contributed by atoms with van der Waals surface area (Å²) in [6.45, 7) is 7.60. The minimum atomic E-state index is -0.498. The van der Waals surface area contributed by atoms with E-state index in [0.29, 0.717) is 44.0 Å². The second-order valence-electron chi connectivity index (χ2n) is 11.5. The molecule has 2 fully saturated rings. The van der Waals surface area contributed by atoms with E-state index in [9.17, 15) is 19.2 Å². The molecule has 0 spiro atoms. The summed E-state index contributed by atoms with van der Waals surface area (Å²) >= 11 is 0. The van der Waals surface area contributed by atoms with Gasteiger partial charge >= 0.3 is 12.1 Å². The fourth-order valence-electron chi connectivity index (χ4n) is 5.19. The average molecular weight is 534 g/mol. The third kappa shape index (κ3) is 8.98. The molecule has 1 saturated carbocycles. The lowest BCUT2D eigenvalue weighted by molar-refractivity contribution is -0.151. The number of Topliss-reactive ketones (excluding diaryl/α,β-unsaturated/α-hetero) is 1. The molecule has 38 heavy (non-hydrogen) atoms. The van der Waals surface area contributed by atoms with E-state index in [1.54, 1.807) is 4.90 Å². The Balaban J connectivity index is 1.41. The van der Waals surface area contributed by atoms with Gasteiger partial charge in [0.05, 0.1) is 19.2 Å². The minimum Gasteiger partial charge on any atom is -0.462 e. The van der Waals surface area contributed by atoms with Gasteiger partial charge in [-0.25, -0.2) is 9.59 Å². The standard InChI is InChI=1S/C28H43N3O7/c1-28(2,3)24(32)16-30-13-14-31(15-20(30)17-37-26(34)19-36-4)25(33)11-12-29-27(35)38-18-23-21-9-7-5-6-8-10-22(21)23/h20-23H,7-19H2,1-4H3,(H,29,35)/t20?,21-,22+,23-. The Bertz CT molecular complexity index is 902. The molecular weight excluding hydrogens is 490 g/mol. The Morgan fingerprint density at radius 1 is 0.974 bits per heavy atom. The highest BCUT2D eigenvalue weighted by molar-refractivity contribution is 5.85. The zero-order chi connectivity index (χ0) is 27.7. The molecule has 1 unspecified atom stereocenters. The average Bonchev–Trinajstić information content (AvgIpc) is 3.50. The van der Waals surface area contributed by atoms with Crippen molar-refractivity contribution in [2.24, 2.45) is 23.2 Å². The number of piperazine rings is 1. The molecule has 4 atom stereocenters. The van der Waals surface area contributed by atoms with E-state index in [-0.39, 0.29) is 50.5 Å². The van der Waals surface area contributed by atoms with Crippen LogP contribution in [-0.2, 0) is 28.6 Å². The van der Waals surface area contributed by atoms with Gasteiger partial charge in [-0.1, -0.05) is 20.8 Å². The Morgan fingerprint density at radius 2 is 1.66 bits per heavy atom. The fraction of sp³-hybridized carbons (Fsp3) is 0.786. The first-order chi connectivity index (χ1) is 18.1. The SMILES string of the molecule is COCC(=O)OCC1CN(C(=O)CCNC(=O)OC[C@@H]2[C@@H]3CCC#CCC[C@@H]32)CCN1CC(=O)C(C)(C)C. The van der Waals surface area contributed by atoms with Gasteiger partial charge in [-0.05, 0) is 30.6 Å². The molecule has 2 amide bonds. The summed E-state index contributed by atoms with van der Waals surface area (Å²) in [5.41, 5.74) is -0.491. The van der Waals surface area contributed by atoms with Gasteiger partial charge < -0.3 is 24.4 Å². The summed E-state index contributed by atoms with van der Waals surface area (Å²) in [4.78, 5) is 53.2. The maximum Gasteiger partial charge on any atom is 0.407 e. The number of carbonyl (C=O) groups excluding carboxylic acids is 4. The van der Waals surface area contributed by atoms with Gasteiger partial charge in [-0.3, -0.25) is 14.5 Å². The second kappa shape index (κ2) is 13.9.